The minimum Gasteiger partial charge on any atom is -0.208 e. The second-order valence-electron chi connectivity index (χ2n) is 2.67. The molecule has 0 saturated heterocycles. The molecular weight excluding hydrogens is 220 g/mol. The lowest BCUT2D eigenvalue weighted by Crippen LogP contribution is -1.81. The van der Waals surface area contributed by atoms with Crippen molar-refractivity contribution in [3.8, 4) is 0 Å². The predicted octanol–water partition coefficient (Wildman–Crippen LogP) is 2.78. The third-order valence-corrected chi connectivity index (χ3v) is 2.35. The van der Waals surface area contributed by atoms with Gasteiger partial charge in [0.15, 0.2) is 0 Å². The second-order valence-corrected chi connectivity index (χ2v) is 5.18. The Balaban J connectivity index is 2.84. The van der Waals surface area contributed by atoms with Crippen molar-refractivity contribution in [3.63, 3.8) is 0 Å². The van der Waals surface area contributed by atoms with Crippen LogP contribution in [0.5, 0.6) is 0 Å². The van der Waals surface area contributed by atoms with Crippen LogP contribution >= 0.6 is 10.7 Å². The maximum absolute atomic E-state index is 10.6. The standard InChI is InChI=1S/C10H9ClO2S/c1-9(7-8-14(11,12)13)10-5-3-2-4-6-10/h2-8H,1H2/b8-7-. The van der Waals surface area contributed by atoms with Gasteiger partial charge in [-0.2, -0.15) is 0 Å². The number of rotatable bonds is 3. The number of hydrogen-bond donors (Lipinski definition) is 0. The van der Waals surface area contributed by atoms with Crippen LogP contribution in [0, 0.1) is 0 Å². The molecule has 0 unspecified atom stereocenters. The van der Waals surface area contributed by atoms with Crippen molar-refractivity contribution in [3.05, 3.63) is 54.0 Å². The first-order valence-corrected chi connectivity index (χ1v) is 6.23. The molecule has 0 aliphatic carbocycles. The monoisotopic (exact) mass is 228 g/mol. The molecule has 4 heteroatoms. The van der Waals surface area contributed by atoms with Gasteiger partial charge in [0.05, 0.1) is 0 Å². The Labute approximate surface area is 87.9 Å². The van der Waals surface area contributed by atoms with Crippen LogP contribution < -0.4 is 0 Å². The molecule has 0 bridgehead atoms. The minimum absolute atomic E-state index is 0.606. The normalized spacial score (nSPS) is 11.8. The molecule has 2 nitrogen and oxygen atoms in total. The lowest BCUT2D eigenvalue weighted by Gasteiger charge is -1.97. The first kappa shape index (κ1) is 11.0. The van der Waals surface area contributed by atoms with E-state index < -0.39 is 9.05 Å². The molecule has 0 spiro atoms. The summed E-state index contributed by atoms with van der Waals surface area (Å²) < 4.78 is 21.2. The van der Waals surface area contributed by atoms with Crippen LogP contribution in [-0.4, -0.2) is 8.42 Å². The SMILES string of the molecule is C=C(/C=C\S(=O)(=O)Cl)c1ccccc1. The van der Waals surface area contributed by atoms with Crippen molar-refractivity contribution in [2.24, 2.45) is 0 Å². The average molecular weight is 229 g/mol. The summed E-state index contributed by atoms with van der Waals surface area (Å²) in [5, 5.41) is 0.921. The van der Waals surface area contributed by atoms with Crippen LogP contribution in [0.25, 0.3) is 5.57 Å². The smallest absolute Gasteiger partial charge is 0.208 e. The minimum atomic E-state index is -3.60. The van der Waals surface area contributed by atoms with Crippen molar-refractivity contribution in [2.75, 3.05) is 0 Å². The van der Waals surface area contributed by atoms with E-state index in [4.69, 9.17) is 10.7 Å². The highest BCUT2D eigenvalue weighted by molar-refractivity contribution is 8.16. The van der Waals surface area contributed by atoms with Crippen molar-refractivity contribution >= 4 is 25.3 Å². The molecule has 0 heterocycles. The maximum Gasteiger partial charge on any atom is 0.254 e. The fourth-order valence-corrected chi connectivity index (χ4v) is 1.39. The Kier molecular flexibility index (Phi) is 3.49. The van der Waals surface area contributed by atoms with E-state index in [1.54, 1.807) is 0 Å². The molecule has 0 amide bonds. The van der Waals surface area contributed by atoms with Gasteiger partial charge < -0.3 is 0 Å². The molecular formula is C10H9ClO2S. The van der Waals surface area contributed by atoms with Gasteiger partial charge in [0.2, 0.25) is 0 Å². The number of halogens is 1. The summed E-state index contributed by atoms with van der Waals surface area (Å²) in [5.74, 6) is 0. The Morgan fingerprint density at radius 2 is 1.86 bits per heavy atom. The topological polar surface area (TPSA) is 34.1 Å². The number of allylic oxidation sites excluding steroid dienone is 2. The molecule has 1 rings (SSSR count). The van der Waals surface area contributed by atoms with E-state index in [9.17, 15) is 8.42 Å². The van der Waals surface area contributed by atoms with Crippen molar-refractivity contribution in [2.45, 2.75) is 0 Å². The van der Waals surface area contributed by atoms with E-state index in [-0.39, 0.29) is 0 Å². The molecule has 0 fully saturated rings. The van der Waals surface area contributed by atoms with E-state index in [0.29, 0.717) is 5.57 Å². The zero-order chi connectivity index (χ0) is 10.6. The number of hydrogen-bond acceptors (Lipinski definition) is 2. The fraction of sp³-hybridized carbons (Fsp3) is 0. The van der Waals surface area contributed by atoms with Crippen molar-refractivity contribution in [1.29, 1.82) is 0 Å². The predicted molar refractivity (Wildman–Crippen MR) is 59.4 cm³/mol. The van der Waals surface area contributed by atoms with Gasteiger partial charge in [-0.15, -0.1) is 0 Å². The summed E-state index contributed by atoms with van der Waals surface area (Å²) in [6, 6.07) is 9.26. The summed E-state index contributed by atoms with van der Waals surface area (Å²) in [5.41, 5.74) is 1.47. The van der Waals surface area contributed by atoms with Gasteiger partial charge in [-0.3, -0.25) is 0 Å². The highest BCUT2D eigenvalue weighted by atomic mass is 35.7. The molecule has 0 radical (unpaired) electrons. The Morgan fingerprint density at radius 3 is 2.36 bits per heavy atom. The van der Waals surface area contributed by atoms with Gasteiger partial charge in [-0.05, 0) is 17.2 Å². The van der Waals surface area contributed by atoms with Gasteiger partial charge in [0, 0.05) is 16.1 Å². The molecule has 0 aliphatic heterocycles. The van der Waals surface area contributed by atoms with Crippen LogP contribution in [0.4, 0.5) is 0 Å². The lowest BCUT2D eigenvalue weighted by molar-refractivity contribution is 0.617. The number of benzene rings is 1. The van der Waals surface area contributed by atoms with Crippen LogP contribution in [0.1, 0.15) is 5.56 Å². The Bertz CT molecular complexity index is 446. The van der Waals surface area contributed by atoms with Crippen LogP contribution in [0.3, 0.4) is 0 Å². The molecule has 0 aromatic heterocycles. The second kappa shape index (κ2) is 4.44. The first-order valence-electron chi connectivity index (χ1n) is 3.86. The molecule has 0 N–H and O–H groups in total. The van der Waals surface area contributed by atoms with Gasteiger partial charge in [0.25, 0.3) is 9.05 Å². The molecule has 14 heavy (non-hydrogen) atoms. The summed E-state index contributed by atoms with van der Waals surface area (Å²) >= 11 is 0. The molecule has 1 aromatic carbocycles. The van der Waals surface area contributed by atoms with Crippen LogP contribution in [-0.2, 0) is 9.05 Å². The molecule has 74 valence electrons. The zero-order valence-corrected chi connectivity index (χ0v) is 8.92. The first-order chi connectivity index (χ1) is 6.49. The van der Waals surface area contributed by atoms with E-state index in [1.807, 2.05) is 30.3 Å². The van der Waals surface area contributed by atoms with E-state index in [0.717, 1.165) is 11.0 Å². The summed E-state index contributed by atoms with van der Waals surface area (Å²) in [4.78, 5) is 0. The van der Waals surface area contributed by atoms with Gasteiger partial charge in [0.1, 0.15) is 0 Å². The van der Waals surface area contributed by atoms with E-state index in [2.05, 4.69) is 6.58 Å². The van der Waals surface area contributed by atoms with E-state index >= 15 is 0 Å². The highest BCUT2D eigenvalue weighted by Crippen LogP contribution is 2.14. The maximum atomic E-state index is 10.6. The molecule has 0 saturated carbocycles. The zero-order valence-electron chi connectivity index (χ0n) is 7.35. The summed E-state index contributed by atoms with van der Waals surface area (Å²) in [6.07, 6.45) is 1.37. The van der Waals surface area contributed by atoms with E-state index in [1.165, 1.54) is 6.08 Å². The van der Waals surface area contributed by atoms with Gasteiger partial charge in [-0.1, -0.05) is 36.9 Å². The third-order valence-electron chi connectivity index (χ3n) is 1.58. The summed E-state index contributed by atoms with van der Waals surface area (Å²) in [7, 11) is 1.41. The average Bonchev–Trinajstić information content (AvgIpc) is 2.14. The Hall–Kier alpha value is -1.06. The Morgan fingerprint density at radius 1 is 1.29 bits per heavy atom. The van der Waals surface area contributed by atoms with Gasteiger partial charge in [-0.25, -0.2) is 8.42 Å². The largest absolute Gasteiger partial charge is 0.254 e. The molecule has 0 atom stereocenters. The molecule has 1 aromatic rings. The van der Waals surface area contributed by atoms with Crippen LogP contribution in [0.2, 0.25) is 0 Å². The fourth-order valence-electron chi connectivity index (χ4n) is 0.912. The lowest BCUT2D eigenvalue weighted by atomic mass is 10.1. The highest BCUT2D eigenvalue weighted by Gasteiger charge is 1.98. The summed E-state index contributed by atoms with van der Waals surface area (Å²) in [6.45, 7) is 3.72. The van der Waals surface area contributed by atoms with Crippen molar-refractivity contribution < 1.29 is 8.42 Å². The van der Waals surface area contributed by atoms with Crippen molar-refractivity contribution in [1.82, 2.24) is 0 Å². The third kappa shape index (κ3) is 3.77. The van der Waals surface area contributed by atoms with Crippen LogP contribution in [0.15, 0.2) is 48.4 Å². The molecule has 0 aliphatic rings. The van der Waals surface area contributed by atoms with Gasteiger partial charge >= 0.3 is 0 Å². The quantitative estimate of drug-likeness (QED) is 0.589.